The van der Waals surface area contributed by atoms with Crippen molar-refractivity contribution in [2.45, 2.75) is 4.90 Å². The first-order chi connectivity index (χ1) is 9.97. The Bertz CT molecular complexity index is 762. The predicted octanol–water partition coefficient (Wildman–Crippen LogP) is -0.520. The van der Waals surface area contributed by atoms with Gasteiger partial charge in [0.15, 0.2) is 0 Å². The van der Waals surface area contributed by atoms with E-state index in [0.717, 1.165) is 5.56 Å². The number of nitrogens with two attached hydrogens (primary N) is 2. The van der Waals surface area contributed by atoms with Gasteiger partial charge in [-0.05, 0) is 29.8 Å². The van der Waals surface area contributed by atoms with E-state index in [9.17, 15) is 8.42 Å². The lowest BCUT2D eigenvalue weighted by molar-refractivity contribution is -0.270. The molecule has 0 aromatic heterocycles. The number of guanidine groups is 1. The van der Waals surface area contributed by atoms with Crippen LogP contribution in [0, 0.1) is 0 Å². The van der Waals surface area contributed by atoms with E-state index in [4.69, 9.17) is 11.5 Å². The van der Waals surface area contributed by atoms with E-state index in [2.05, 4.69) is 4.99 Å². The second-order valence-corrected chi connectivity index (χ2v) is 5.91. The Labute approximate surface area is 122 Å². The quantitative estimate of drug-likeness (QED) is 0.521. The zero-order chi connectivity index (χ0) is 15.3. The fourth-order valence-electron chi connectivity index (χ4n) is 1.61. The number of rotatable bonds is 4. The molecule has 2 aromatic rings. The molecule has 0 aliphatic carbocycles. The summed E-state index contributed by atoms with van der Waals surface area (Å²) < 4.78 is 25.6. The van der Waals surface area contributed by atoms with Crippen LogP contribution in [0.5, 0.6) is 0 Å². The van der Waals surface area contributed by atoms with Crippen molar-refractivity contribution in [2.75, 3.05) is 0 Å². The van der Waals surface area contributed by atoms with Crippen molar-refractivity contribution in [2.24, 2.45) is 16.5 Å². The van der Waals surface area contributed by atoms with Crippen LogP contribution in [-0.2, 0) is 10.0 Å². The van der Waals surface area contributed by atoms with Gasteiger partial charge in [0.2, 0.25) is 0 Å². The second-order valence-electron chi connectivity index (χ2n) is 4.22. The van der Waals surface area contributed by atoms with Gasteiger partial charge in [-0.2, -0.15) is 12.8 Å². The Kier molecular flexibility index (Phi) is 4.34. The topological polar surface area (TPSA) is 113 Å². The first-order valence-electron chi connectivity index (χ1n) is 6.07. The molecule has 0 heterocycles. The molecule has 21 heavy (non-hydrogen) atoms. The van der Waals surface area contributed by atoms with Gasteiger partial charge in [0.05, 0.1) is 5.69 Å². The molecule has 0 saturated heterocycles. The molecule has 6 nitrogen and oxygen atoms in total. The standard InChI is InChI=1S/C14H14N4O2S/c15-14(16)18-21(19,20)13-8-6-12(7-9-13)17-10-11-4-2-1-3-5-11/h1-10H,(H4,15,16,18)/p+1. The highest BCUT2D eigenvalue weighted by molar-refractivity contribution is 7.84. The van der Waals surface area contributed by atoms with Crippen molar-refractivity contribution in [3.8, 4) is 0 Å². The largest absolute Gasteiger partial charge is 0.353 e. The van der Waals surface area contributed by atoms with Gasteiger partial charge in [0.25, 0.3) is 0 Å². The lowest BCUT2D eigenvalue weighted by atomic mass is 10.2. The van der Waals surface area contributed by atoms with Crippen molar-refractivity contribution >= 4 is 27.9 Å². The van der Waals surface area contributed by atoms with Crippen LogP contribution in [0.2, 0.25) is 0 Å². The summed E-state index contributed by atoms with van der Waals surface area (Å²) in [7, 11) is -3.73. The number of aliphatic imine (C=N–C) groups is 1. The maximum absolute atomic E-state index is 11.8. The SMILES string of the molecule is NC(N)=[NH+]S(=O)(=O)c1ccc(N=Cc2ccccc2)cc1. The van der Waals surface area contributed by atoms with E-state index in [1.54, 1.807) is 18.3 Å². The monoisotopic (exact) mass is 303 g/mol. The Balaban J connectivity index is 2.20. The molecule has 0 unspecified atom stereocenters. The molecule has 0 atom stereocenters. The van der Waals surface area contributed by atoms with Crippen LogP contribution >= 0.6 is 0 Å². The number of sulfonamides is 1. The van der Waals surface area contributed by atoms with Crippen LogP contribution in [-0.4, -0.2) is 20.6 Å². The van der Waals surface area contributed by atoms with Crippen molar-refractivity contribution < 1.29 is 12.8 Å². The van der Waals surface area contributed by atoms with E-state index in [0.29, 0.717) is 5.69 Å². The fourth-order valence-corrected chi connectivity index (χ4v) is 2.54. The lowest BCUT2D eigenvalue weighted by Gasteiger charge is -1.99. The lowest BCUT2D eigenvalue weighted by Crippen LogP contribution is -2.80. The summed E-state index contributed by atoms with van der Waals surface area (Å²) in [6.45, 7) is 0. The predicted molar refractivity (Wildman–Crippen MR) is 81.7 cm³/mol. The minimum Gasteiger partial charge on any atom is -0.290 e. The molecule has 5 N–H and O–H groups in total. The second kappa shape index (κ2) is 6.19. The minimum absolute atomic E-state index is 0.0644. The first-order valence-corrected chi connectivity index (χ1v) is 7.55. The molecule has 2 aromatic carbocycles. The third-order valence-electron chi connectivity index (χ3n) is 2.56. The highest BCUT2D eigenvalue weighted by Gasteiger charge is 2.13. The van der Waals surface area contributed by atoms with Gasteiger partial charge >= 0.3 is 16.0 Å². The number of nitrogens with one attached hydrogen (secondary N) is 1. The number of nitrogens with zero attached hydrogens (tertiary/aromatic N) is 1. The van der Waals surface area contributed by atoms with Crippen LogP contribution in [0.25, 0.3) is 0 Å². The molecule has 7 heteroatoms. The summed E-state index contributed by atoms with van der Waals surface area (Å²) in [5.74, 6) is -0.374. The first kappa shape index (κ1) is 14.7. The van der Waals surface area contributed by atoms with Crippen molar-refractivity contribution in [1.82, 2.24) is 0 Å². The molecule has 0 aliphatic heterocycles. The zero-order valence-electron chi connectivity index (χ0n) is 11.1. The number of hydrogen-bond acceptors (Lipinski definition) is 3. The highest BCUT2D eigenvalue weighted by atomic mass is 32.2. The van der Waals surface area contributed by atoms with Crippen molar-refractivity contribution in [3.05, 3.63) is 60.2 Å². The van der Waals surface area contributed by atoms with E-state index in [-0.39, 0.29) is 10.9 Å². The van der Waals surface area contributed by atoms with Crippen LogP contribution < -0.4 is 15.9 Å². The maximum atomic E-state index is 11.8. The normalized spacial score (nSPS) is 11.4. The third kappa shape index (κ3) is 4.15. The summed E-state index contributed by atoms with van der Waals surface area (Å²) in [6, 6.07) is 15.7. The number of hydrogen-bond donors (Lipinski definition) is 3. The Morgan fingerprint density at radius 1 is 1.00 bits per heavy atom. The Hall–Kier alpha value is -2.67. The van der Waals surface area contributed by atoms with Crippen LogP contribution in [0.15, 0.2) is 64.5 Å². The Morgan fingerprint density at radius 3 is 2.19 bits per heavy atom. The van der Waals surface area contributed by atoms with E-state index >= 15 is 0 Å². The fraction of sp³-hybridized carbons (Fsp3) is 0. The summed E-state index contributed by atoms with van der Waals surface area (Å²) in [5, 5.41) is 0. The summed E-state index contributed by atoms with van der Waals surface area (Å²) in [6.07, 6.45) is 1.70. The van der Waals surface area contributed by atoms with Crippen LogP contribution in [0.3, 0.4) is 0 Å². The van der Waals surface area contributed by atoms with Gasteiger partial charge in [-0.25, -0.2) is 0 Å². The molecular weight excluding hydrogens is 288 g/mol. The Morgan fingerprint density at radius 2 is 1.62 bits per heavy atom. The highest BCUT2D eigenvalue weighted by Crippen LogP contribution is 2.15. The molecule has 0 saturated carbocycles. The van der Waals surface area contributed by atoms with Gasteiger partial charge in [-0.1, -0.05) is 30.3 Å². The van der Waals surface area contributed by atoms with Gasteiger partial charge in [0.1, 0.15) is 4.90 Å². The van der Waals surface area contributed by atoms with Crippen molar-refractivity contribution in [1.29, 1.82) is 0 Å². The molecule has 0 bridgehead atoms. The summed E-state index contributed by atoms with van der Waals surface area (Å²) in [4.78, 5) is 4.33. The van der Waals surface area contributed by atoms with Crippen LogP contribution in [0.4, 0.5) is 5.69 Å². The van der Waals surface area contributed by atoms with E-state index in [1.807, 2.05) is 34.7 Å². The third-order valence-corrected chi connectivity index (χ3v) is 3.96. The molecule has 0 spiro atoms. The molecule has 0 fully saturated rings. The minimum atomic E-state index is -3.73. The summed E-state index contributed by atoms with van der Waals surface area (Å²) >= 11 is 0. The van der Waals surface area contributed by atoms with Crippen molar-refractivity contribution in [3.63, 3.8) is 0 Å². The van der Waals surface area contributed by atoms with E-state index < -0.39 is 10.0 Å². The molecule has 108 valence electrons. The van der Waals surface area contributed by atoms with Crippen LogP contribution in [0.1, 0.15) is 5.56 Å². The number of benzene rings is 2. The molecule has 2 rings (SSSR count). The van der Waals surface area contributed by atoms with Gasteiger partial charge in [0, 0.05) is 6.21 Å². The average molecular weight is 303 g/mol. The van der Waals surface area contributed by atoms with Gasteiger partial charge in [-0.3, -0.25) is 16.5 Å². The van der Waals surface area contributed by atoms with E-state index in [1.165, 1.54) is 12.1 Å². The average Bonchev–Trinajstić information content (AvgIpc) is 2.45. The maximum Gasteiger partial charge on any atom is 0.353 e. The smallest absolute Gasteiger partial charge is 0.290 e. The molecule has 0 amide bonds. The molecule has 0 radical (unpaired) electrons. The molecule has 0 aliphatic rings. The van der Waals surface area contributed by atoms with Gasteiger partial charge in [-0.15, -0.1) is 0 Å². The molecular formula is C14H15N4O2S+. The van der Waals surface area contributed by atoms with Gasteiger partial charge < -0.3 is 0 Å². The zero-order valence-corrected chi connectivity index (χ0v) is 11.9. The summed E-state index contributed by atoms with van der Waals surface area (Å²) in [5.41, 5.74) is 11.9.